The summed E-state index contributed by atoms with van der Waals surface area (Å²) in [6.07, 6.45) is 3.15. The zero-order valence-corrected chi connectivity index (χ0v) is 9.13. The number of aliphatic hydroxyl groups excluding tert-OH is 1. The first kappa shape index (κ1) is 11.3. The lowest BCUT2D eigenvalue weighted by Gasteiger charge is -2.34. The number of unbranched alkanes of at least 4 members (excludes halogenated alkanes) is 1. The van der Waals surface area contributed by atoms with Crippen LogP contribution in [0.5, 0.6) is 0 Å². The van der Waals surface area contributed by atoms with Gasteiger partial charge in [0.1, 0.15) is 0 Å². The van der Waals surface area contributed by atoms with E-state index in [4.69, 9.17) is 11.6 Å². The Balaban J connectivity index is 2.14. The predicted octanol–water partition coefficient (Wildman–Crippen LogP) is 1.71. The Kier molecular flexibility index (Phi) is 5.07. The Labute approximate surface area is 85.9 Å². The van der Waals surface area contributed by atoms with Gasteiger partial charge in [0, 0.05) is 19.0 Å². The van der Waals surface area contributed by atoms with Crippen LogP contribution in [0.25, 0.3) is 0 Å². The van der Waals surface area contributed by atoms with Gasteiger partial charge in [-0.2, -0.15) is 0 Å². The van der Waals surface area contributed by atoms with E-state index in [9.17, 15) is 5.11 Å². The van der Waals surface area contributed by atoms with Crippen molar-refractivity contribution < 1.29 is 5.11 Å². The summed E-state index contributed by atoms with van der Waals surface area (Å²) >= 11 is 5.61. The van der Waals surface area contributed by atoms with E-state index >= 15 is 0 Å². The molecule has 1 N–H and O–H groups in total. The molecule has 2 atom stereocenters. The predicted molar refractivity (Wildman–Crippen MR) is 56.2 cm³/mol. The van der Waals surface area contributed by atoms with E-state index in [1.165, 1.54) is 6.42 Å². The fourth-order valence-electron chi connectivity index (χ4n) is 1.85. The van der Waals surface area contributed by atoms with Crippen LogP contribution < -0.4 is 0 Å². The molecule has 1 saturated heterocycles. The first-order chi connectivity index (χ1) is 6.24. The number of hydrogen-bond acceptors (Lipinski definition) is 2. The van der Waals surface area contributed by atoms with Crippen molar-refractivity contribution in [1.82, 2.24) is 4.90 Å². The van der Waals surface area contributed by atoms with Gasteiger partial charge in [-0.05, 0) is 31.7 Å². The lowest BCUT2D eigenvalue weighted by Crippen LogP contribution is -2.42. The molecule has 78 valence electrons. The summed E-state index contributed by atoms with van der Waals surface area (Å²) in [4.78, 5) is 2.43. The number of piperidine rings is 1. The van der Waals surface area contributed by atoms with Crippen molar-refractivity contribution in [2.24, 2.45) is 5.92 Å². The molecule has 0 aromatic heterocycles. The maximum Gasteiger partial charge on any atom is 0.0590 e. The van der Waals surface area contributed by atoms with Gasteiger partial charge >= 0.3 is 0 Å². The van der Waals surface area contributed by atoms with Crippen LogP contribution in [0.15, 0.2) is 0 Å². The van der Waals surface area contributed by atoms with E-state index in [2.05, 4.69) is 11.8 Å². The molecule has 0 spiro atoms. The van der Waals surface area contributed by atoms with Crippen molar-refractivity contribution in [3.63, 3.8) is 0 Å². The molecule has 0 aliphatic carbocycles. The minimum Gasteiger partial charge on any atom is -0.393 e. The molecular weight excluding hydrogens is 186 g/mol. The van der Waals surface area contributed by atoms with E-state index in [1.54, 1.807) is 0 Å². The third-order valence-corrected chi connectivity index (χ3v) is 3.07. The zero-order chi connectivity index (χ0) is 9.68. The molecule has 0 amide bonds. The van der Waals surface area contributed by atoms with Gasteiger partial charge in [-0.15, -0.1) is 11.6 Å². The van der Waals surface area contributed by atoms with Crippen molar-refractivity contribution in [2.45, 2.75) is 32.3 Å². The highest BCUT2D eigenvalue weighted by atomic mass is 35.5. The van der Waals surface area contributed by atoms with Crippen LogP contribution >= 0.6 is 11.6 Å². The number of nitrogens with zero attached hydrogens (tertiary/aromatic N) is 1. The molecule has 13 heavy (non-hydrogen) atoms. The average Bonchev–Trinajstić information content (AvgIpc) is 2.12. The van der Waals surface area contributed by atoms with Crippen LogP contribution in [0.1, 0.15) is 26.2 Å². The summed E-state index contributed by atoms with van der Waals surface area (Å²) < 4.78 is 0. The number of likely N-dealkylation sites (tertiary alicyclic amines) is 1. The van der Waals surface area contributed by atoms with Crippen LogP contribution in [-0.4, -0.2) is 41.6 Å². The highest BCUT2D eigenvalue weighted by Gasteiger charge is 2.23. The van der Waals surface area contributed by atoms with Crippen molar-refractivity contribution in [2.75, 3.05) is 25.5 Å². The summed E-state index contributed by atoms with van der Waals surface area (Å²) in [6.45, 7) is 5.36. The normalized spacial score (nSPS) is 30.7. The van der Waals surface area contributed by atoms with Crippen LogP contribution in [0.3, 0.4) is 0 Å². The Morgan fingerprint density at radius 1 is 1.46 bits per heavy atom. The summed E-state index contributed by atoms with van der Waals surface area (Å²) in [5.74, 6) is 1.20. The average molecular weight is 206 g/mol. The lowest BCUT2D eigenvalue weighted by atomic mass is 9.97. The fourth-order valence-corrected chi connectivity index (χ4v) is 2.04. The maximum atomic E-state index is 9.52. The standard InChI is InChI=1S/C10H20ClNO/c1-9-8-12(6-3-2-5-11)7-4-10(9)13/h9-10,13H,2-8H2,1H3. The first-order valence-electron chi connectivity index (χ1n) is 5.20. The van der Waals surface area contributed by atoms with Gasteiger partial charge in [-0.1, -0.05) is 6.92 Å². The Morgan fingerprint density at radius 3 is 2.85 bits per heavy atom. The first-order valence-corrected chi connectivity index (χ1v) is 5.74. The largest absolute Gasteiger partial charge is 0.393 e. The monoisotopic (exact) mass is 205 g/mol. The van der Waals surface area contributed by atoms with Gasteiger partial charge in [0.25, 0.3) is 0 Å². The SMILES string of the molecule is CC1CN(CCCCCl)CCC1O. The topological polar surface area (TPSA) is 23.5 Å². The number of hydrogen-bond donors (Lipinski definition) is 1. The number of halogens is 1. The third-order valence-electron chi connectivity index (χ3n) is 2.80. The van der Waals surface area contributed by atoms with Gasteiger partial charge in [0.2, 0.25) is 0 Å². The van der Waals surface area contributed by atoms with Gasteiger partial charge in [-0.25, -0.2) is 0 Å². The maximum absolute atomic E-state index is 9.52. The van der Waals surface area contributed by atoms with Crippen molar-refractivity contribution in [3.05, 3.63) is 0 Å². The van der Waals surface area contributed by atoms with Crippen molar-refractivity contribution >= 4 is 11.6 Å². The molecule has 1 aliphatic heterocycles. The van der Waals surface area contributed by atoms with Crippen LogP contribution in [-0.2, 0) is 0 Å². The minimum absolute atomic E-state index is 0.0794. The second kappa shape index (κ2) is 5.84. The second-order valence-electron chi connectivity index (χ2n) is 4.03. The fraction of sp³-hybridized carbons (Fsp3) is 1.00. The van der Waals surface area contributed by atoms with E-state index in [0.29, 0.717) is 5.92 Å². The smallest absolute Gasteiger partial charge is 0.0590 e. The molecule has 0 aromatic carbocycles. The van der Waals surface area contributed by atoms with Gasteiger partial charge in [0.15, 0.2) is 0 Å². The van der Waals surface area contributed by atoms with Crippen molar-refractivity contribution in [1.29, 1.82) is 0 Å². The molecule has 0 radical (unpaired) electrons. The number of rotatable bonds is 4. The molecule has 0 aromatic rings. The summed E-state index contributed by atoms with van der Waals surface area (Å²) in [6, 6.07) is 0. The van der Waals surface area contributed by atoms with Gasteiger partial charge in [0.05, 0.1) is 6.10 Å². The lowest BCUT2D eigenvalue weighted by molar-refractivity contribution is 0.0347. The number of aliphatic hydroxyl groups is 1. The molecule has 3 heteroatoms. The minimum atomic E-state index is -0.0794. The molecule has 2 nitrogen and oxygen atoms in total. The number of alkyl halides is 1. The Bertz CT molecular complexity index is 143. The van der Waals surface area contributed by atoms with Crippen LogP contribution in [0.4, 0.5) is 0 Å². The quantitative estimate of drug-likeness (QED) is 0.558. The van der Waals surface area contributed by atoms with E-state index in [-0.39, 0.29) is 6.10 Å². The Morgan fingerprint density at radius 2 is 2.23 bits per heavy atom. The molecule has 2 unspecified atom stereocenters. The van der Waals surface area contributed by atoms with Crippen LogP contribution in [0, 0.1) is 5.92 Å². The highest BCUT2D eigenvalue weighted by Crippen LogP contribution is 2.16. The highest BCUT2D eigenvalue weighted by molar-refractivity contribution is 6.17. The molecule has 1 heterocycles. The summed E-state index contributed by atoms with van der Waals surface area (Å²) in [5.41, 5.74) is 0. The molecule has 1 rings (SSSR count). The van der Waals surface area contributed by atoms with Crippen molar-refractivity contribution in [3.8, 4) is 0 Å². The molecular formula is C10H20ClNO. The van der Waals surface area contributed by atoms with E-state index in [1.807, 2.05) is 0 Å². The van der Waals surface area contributed by atoms with Gasteiger partial charge < -0.3 is 10.0 Å². The zero-order valence-electron chi connectivity index (χ0n) is 8.38. The molecule has 1 fully saturated rings. The van der Waals surface area contributed by atoms with Crippen LogP contribution in [0.2, 0.25) is 0 Å². The molecule has 0 bridgehead atoms. The molecule has 0 saturated carbocycles. The van der Waals surface area contributed by atoms with E-state index < -0.39 is 0 Å². The molecule has 1 aliphatic rings. The summed E-state index contributed by atoms with van der Waals surface area (Å²) in [5, 5.41) is 9.52. The van der Waals surface area contributed by atoms with Gasteiger partial charge in [-0.3, -0.25) is 0 Å². The summed E-state index contributed by atoms with van der Waals surface area (Å²) in [7, 11) is 0. The second-order valence-corrected chi connectivity index (χ2v) is 4.41. The van der Waals surface area contributed by atoms with E-state index in [0.717, 1.165) is 38.4 Å². The third kappa shape index (κ3) is 3.84. The Hall–Kier alpha value is 0.210.